The number of hydrogen-bond donors (Lipinski definition) is 1. The Labute approximate surface area is 122 Å². The van der Waals surface area contributed by atoms with Gasteiger partial charge in [0, 0.05) is 37.1 Å². The second kappa shape index (κ2) is 5.58. The molecule has 0 atom stereocenters. The maximum Gasteiger partial charge on any atom is 0.273 e. The smallest absolute Gasteiger partial charge is 0.273 e. The van der Waals surface area contributed by atoms with E-state index >= 15 is 0 Å². The average molecular weight is 342 g/mol. The Hall–Kier alpha value is -1.60. The van der Waals surface area contributed by atoms with Crippen molar-refractivity contribution >= 4 is 44.3 Å². The summed E-state index contributed by atoms with van der Waals surface area (Å²) in [6.07, 6.45) is 0. The van der Waals surface area contributed by atoms with Crippen LogP contribution in [0.3, 0.4) is 0 Å². The molecule has 0 saturated heterocycles. The second-order valence-corrected chi connectivity index (χ2v) is 6.45. The van der Waals surface area contributed by atoms with Gasteiger partial charge in [-0.25, -0.2) is 0 Å². The van der Waals surface area contributed by atoms with Crippen LogP contribution in [0.5, 0.6) is 0 Å². The Kier molecular flexibility index (Phi) is 4.06. The molecule has 5 nitrogen and oxygen atoms in total. The number of non-ortho nitro benzene ring substituents is 1. The molecule has 100 valence electrons. The molecule has 2 aromatic rings. The van der Waals surface area contributed by atoms with Crippen LogP contribution in [0.15, 0.2) is 33.4 Å². The molecule has 2 rings (SSSR count). The first kappa shape index (κ1) is 13.8. The standard InChI is InChI=1S/C12H12BrN3O2S/c1-15(6-8-2-12(13)19-7-8)10-3-9(14)4-11(5-10)16(17)18/h2-5,7H,6,14H2,1H3. The Balaban J connectivity index is 2.23. The molecule has 0 spiro atoms. The third-order valence-corrected chi connectivity index (χ3v) is 4.17. The van der Waals surface area contributed by atoms with Gasteiger partial charge in [0.1, 0.15) is 0 Å². The summed E-state index contributed by atoms with van der Waals surface area (Å²) in [5.74, 6) is 0. The van der Waals surface area contributed by atoms with Crippen LogP contribution in [0.4, 0.5) is 17.1 Å². The fraction of sp³-hybridized carbons (Fsp3) is 0.167. The number of nitrogen functional groups attached to an aromatic ring is 1. The summed E-state index contributed by atoms with van der Waals surface area (Å²) < 4.78 is 1.06. The average Bonchev–Trinajstić information content (AvgIpc) is 2.73. The molecular weight excluding hydrogens is 330 g/mol. The van der Waals surface area contributed by atoms with Gasteiger partial charge in [0.15, 0.2) is 0 Å². The minimum Gasteiger partial charge on any atom is -0.398 e. The van der Waals surface area contributed by atoms with Gasteiger partial charge in [0.25, 0.3) is 5.69 Å². The molecule has 1 aromatic heterocycles. The van der Waals surface area contributed by atoms with Crippen LogP contribution in [0.1, 0.15) is 5.56 Å². The lowest BCUT2D eigenvalue weighted by atomic mass is 10.2. The zero-order valence-electron chi connectivity index (χ0n) is 10.2. The number of nitro benzene ring substituents is 1. The van der Waals surface area contributed by atoms with Crippen molar-refractivity contribution in [2.45, 2.75) is 6.54 Å². The van der Waals surface area contributed by atoms with Crippen LogP contribution in [0.2, 0.25) is 0 Å². The highest BCUT2D eigenvalue weighted by Crippen LogP contribution is 2.27. The van der Waals surface area contributed by atoms with Crippen LogP contribution in [0.25, 0.3) is 0 Å². The lowest BCUT2D eigenvalue weighted by Gasteiger charge is -2.18. The highest BCUT2D eigenvalue weighted by atomic mass is 79.9. The molecule has 0 aliphatic carbocycles. The third-order valence-electron chi connectivity index (χ3n) is 2.62. The predicted octanol–water partition coefficient (Wildman–Crippen LogP) is 3.64. The monoisotopic (exact) mass is 341 g/mol. The molecule has 1 aromatic carbocycles. The summed E-state index contributed by atoms with van der Waals surface area (Å²) in [5, 5.41) is 12.9. The second-order valence-electron chi connectivity index (χ2n) is 4.15. The van der Waals surface area contributed by atoms with E-state index in [0.29, 0.717) is 12.2 Å². The van der Waals surface area contributed by atoms with Crippen molar-refractivity contribution in [2.75, 3.05) is 17.7 Å². The van der Waals surface area contributed by atoms with E-state index in [-0.39, 0.29) is 5.69 Å². The molecule has 7 heteroatoms. The summed E-state index contributed by atoms with van der Waals surface area (Å²) in [7, 11) is 1.88. The molecule has 0 unspecified atom stereocenters. The zero-order chi connectivity index (χ0) is 14.0. The van der Waals surface area contributed by atoms with E-state index in [0.717, 1.165) is 15.0 Å². The van der Waals surface area contributed by atoms with Gasteiger partial charge in [-0.1, -0.05) is 0 Å². The maximum atomic E-state index is 10.8. The summed E-state index contributed by atoms with van der Waals surface area (Å²) in [5.41, 5.74) is 7.97. The number of rotatable bonds is 4. The number of nitrogens with zero attached hydrogens (tertiary/aromatic N) is 2. The highest BCUT2D eigenvalue weighted by Gasteiger charge is 2.11. The minimum absolute atomic E-state index is 0.00773. The van der Waals surface area contributed by atoms with Gasteiger partial charge in [0.05, 0.1) is 8.71 Å². The van der Waals surface area contributed by atoms with Crippen molar-refractivity contribution in [2.24, 2.45) is 0 Å². The van der Waals surface area contributed by atoms with Crippen molar-refractivity contribution in [1.29, 1.82) is 0 Å². The van der Waals surface area contributed by atoms with Gasteiger partial charge < -0.3 is 10.6 Å². The first-order valence-corrected chi connectivity index (χ1v) is 7.12. The first-order chi connectivity index (χ1) is 8.95. The molecule has 1 heterocycles. The van der Waals surface area contributed by atoms with E-state index in [2.05, 4.69) is 15.9 Å². The fourth-order valence-electron chi connectivity index (χ4n) is 1.74. The zero-order valence-corrected chi connectivity index (χ0v) is 12.6. The van der Waals surface area contributed by atoms with Gasteiger partial charge in [-0.15, -0.1) is 11.3 Å². The number of anilines is 2. The Morgan fingerprint density at radius 2 is 2.16 bits per heavy atom. The molecule has 0 aliphatic rings. The first-order valence-electron chi connectivity index (χ1n) is 5.44. The number of nitro groups is 1. The van der Waals surface area contributed by atoms with E-state index in [4.69, 9.17) is 5.73 Å². The lowest BCUT2D eigenvalue weighted by Crippen LogP contribution is -2.16. The van der Waals surface area contributed by atoms with Gasteiger partial charge in [-0.3, -0.25) is 10.1 Å². The van der Waals surface area contributed by atoms with Crippen molar-refractivity contribution in [3.05, 3.63) is 49.1 Å². The van der Waals surface area contributed by atoms with E-state index in [9.17, 15) is 10.1 Å². The maximum absolute atomic E-state index is 10.8. The number of benzene rings is 1. The van der Waals surface area contributed by atoms with Gasteiger partial charge >= 0.3 is 0 Å². The Morgan fingerprint density at radius 1 is 1.42 bits per heavy atom. The van der Waals surface area contributed by atoms with Crippen molar-refractivity contribution in [3.63, 3.8) is 0 Å². The SMILES string of the molecule is CN(Cc1csc(Br)c1)c1cc(N)cc([N+](=O)[O-])c1. The van der Waals surface area contributed by atoms with E-state index < -0.39 is 4.92 Å². The number of thiophene rings is 1. The summed E-state index contributed by atoms with van der Waals surface area (Å²) in [6.45, 7) is 0.669. The minimum atomic E-state index is -0.436. The third kappa shape index (κ3) is 3.45. The molecule has 0 amide bonds. The molecular formula is C12H12BrN3O2S. The molecule has 0 radical (unpaired) electrons. The van der Waals surface area contributed by atoms with E-state index in [1.807, 2.05) is 23.4 Å². The number of nitrogens with two attached hydrogens (primary N) is 1. The van der Waals surface area contributed by atoms with Gasteiger partial charge in [0.2, 0.25) is 0 Å². The van der Waals surface area contributed by atoms with Crippen molar-refractivity contribution in [3.8, 4) is 0 Å². The van der Waals surface area contributed by atoms with E-state index in [1.165, 1.54) is 12.1 Å². The molecule has 0 bridgehead atoms. The van der Waals surface area contributed by atoms with Crippen LogP contribution < -0.4 is 10.6 Å². The summed E-state index contributed by atoms with van der Waals surface area (Å²) in [4.78, 5) is 12.3. The highest BCUT2D eigenvalue weighted by molar-refractivity contribution is 9.11. The van der Waals surface area contributed by atoms with Crippen LogP contribution >= 0.6 is 27.3 Å². The van der Waals surface area contributed by atoms with Gasteiger partial charge in [-0.2, -0.15) is 0 Å². The molecule has 0 aliphatic heterocycles. The summed E-state index contributed by atoms with van der Waals surface area (Å²) >= 11 is 5.02. The fourth-order valence-corrected chi connectivity index (χ4v) is 2.94. The van der Waals surface area contributed by atoms with Crippen molar-refractivity contribution in [1.82, 2.24) is 0 Å². The molecule has 2 N–H and O–H groups in total. The van der Waals surface area contributed by atoms with E-state index in [1.54, 1.807) is 17.4 Å². The van der Waals surface area contributed by atoms with Crippen LogP contribution in [-0.2, 0) is 6.54 Å². The largest absolute Gasteiger partial charge is 0.398 e. The molecule has 19 heavy (non-hydrogen) atoms. The van der Waals surface area contributed by atoms with Gasteiger partial charge in [-0.05, 0) is 39.0 Å². The van der Waals surface area contributed by atoms with Crippen LogP contribution in [-0.4, -0.2) is 12.0 Å². The number of halogens is 1. The normalized spacial score (nSPS) is 10.4. The lowest BCUT2D eigenvalue weighted by molar-refractivity contribution is -0.384. The predicted molar refractivity (Wildman–Crippen MR) is 81.6 cm³/mol. The Morgan fingerprint density at radius 3 is 2.74 bits per heavy atom. The molecule has 0 fully saturated rings. The topological polar surface area (TPSA) is 72.4 Å². The summed E-state index contributed by atoms with van der Waals surface area (Å²) in [6, 6.07) is 6.65. The van der Waals surface area contributed by atoms with Crippen molar-refractivity contribution < 1.29 is 4.92 Å². The number of hydrogen-bond acceptors (Lipinski definition) is 5. The quantitative estimate of drug-likeness (QED) is 0.523. The van der Waals surface area contributed by atoms with Crippen LogP contribution in [0, 0.1) is 10.1 Å². The molecule has 0 saturated carbocycles. The Bertz CT molecular complexity index is 615.